The molecule has 0 aromatic carbocycles. The van der Waals surface area contributed by atoms with Gasteiger partial charge in [0.2, 0.25) is 17.8 Å². The van der Waals surface area contributed by atoms with E-state index in [1.54, 1.807) is 4.90 Å². The van der Waals surface area contributed by atoms with Crippen LogP contribution in [0.15, 0.2) is 0 Å². The molecule has 0 saturated carbocycles. The number of nitrogens with zero attached hydrogens (tertiary/aromatic N) is 6. The molecule has 0 aliphatic carbocycles. The lowest BCUT2D eigenvalue weighted by Gasteiger charge is -2.27. The average Bonchev–Trinajstić information content (AvgIpc) is 2.69. The molecule has 9 nitrogen and oxygen atoms in total. The maximum absolute atomic E-state index is 9.76. The first kappa shape index (κ1) is 23.3. The molecule has 0 saturated heterocycles. The van der Waals surface area contributed by atoms with Crippen LogP contribution in [0.4, 0.5) is 17.8 Å². The monoisotopic (exact) mass is 384 g/mol. The molecule has 0 bridgehead atoms. The first-order valence-corrected chi connectivity index (χ1v) is 9.98. The Morgan fingerprint density at radius 3 is 1.26 bits per heavy atom. The molecule has 0 unspecified atom stereocenters. The Labute approximate surface area is 162 Å². The van der Waals surface area contributed by atoms with E-state index in [9.17, 15) is 15.3 Å². The van der Waals surface area contributed by atoms with Gasteiger partial charge in [0.1, 0.15) is 20.2 Å². The maximum atomic E-state index is 9.76. The molecular formula is C18H36N6O3. The van der Waals surface area contributed by atoms with E-state index in [1.807, 2.05) is 0 Å². The number of anilines is 3. The second-order valence-electron chi connectivity index (χ2n) is 6.51. The molecule has 0 spiro atoms. The maximum Gasteiger partial charge on any atom is 0.235 e. The standard InChI is InChI=1S/C18H36N6O3/c1-4-7-10-22(11-8-5-2)16-19-17(23(13-25)12-9-6-3)21-18(20-16)24(14-26)15-27/h25-27H,4-15H2,1-3H3. The number of hydrogen-bond donors (Lipinski definition) is 3. The highest BCUT2D eigenvalue weighted by atomic mass is 16.3. The van der Waals surface area contributed by atoms with Crippen molar-refractivity contribution in [3.8, 4) is 0 Å². The zero-order valence-corrected chi connectivity index (χ0v) is 17.0. The summed E-state index contributed by atoms with van der Waals surface area (Å²) in [5.41, 5.74) is 0. The lowest BCUT2D eigenvalue weighted by molar-refractivity contribution is 0.220. The molecule has 3 N–H and O–H groups in total. The minimum atomic E-state index is -0.405. The summed E-state index contributed by atoms with van der Waals surface area (Å²) in [7, 11) is 0. The number of rotatable bonds is 15. The van der Waals surface area contributed by atoms with Crippen molar-refractivity contribution in [1.82, 2.24) is 15.0 Å². The molecule has 0 aliphatic rings. The van der Waals surface area contributed by atoms with Gasteiger partial charge in [-0.2, -0.15) is 15.0 Å². The summed E-state index contributed by atoms with van der Waals surface area (Å²) in [6.07, 6.45) is 6.04. The van der Waals surface area contributed by atoms with E-state index < -0.39 is 13.5 Å². The van der Waals surface area contributed by atoms with Crippen molar-refractivity contribution in [3.63, 3.8) is 0 Å². The highest BCUT2D eigenvalue weighted by Crippen LogP contribution is 2.20. The molecule has 1 rings (SSSR count). The fraction of sp³-hybridized carbons (Fsp3) is 0.833. The first-order valence-electron chi connectivity index (χ1n) is 9.98. The van der Waals surface area contributed by atoms with Gasteiger partial charge >= 0.3 is 0 Å². The number of hydrogen-bond acceptors (Lipinski definition) is 9. The lowest BCUT2D eigenvalue weighted by Crippen LogP contribution is -2.34. The minimum Gasteiger partial charge on any atom is -0.376 e. The van der Waals surface area contributed by atoms with Crippen molar-refractivity contribution in [2.45, 2.75) is 59.3 Å². The third kappa shape index (κ3) is 7.43. The molecule has 1 aromatic rings. The van der Waals surface area contributed by atoms with Gasteiger partial charge in [-0.15, -0.1) is 0 Å². The summed E-state index contributed by atoms with van der Waals surface area (Å²) >= 11 is 0. The van der Waals surface area contributed by atoms with Gasteiger partial charge in [0.05, 0.1) is 0 Å². The highest BCUT2D eigenvalue weighted by molar-refractivity contribution is 5.46. The van der Waals surface area contributed by atoms with Gasteiger partial charge in [-0.05, 0) is 19.3 Å². The van der Waals surface area contributed by atoms with Crippen LogP contribution in [0.3, 0.4) is 0 Å². The van der Waals surface area contributed by atoms with Crippen LogP contribution >= 0.6 is 0 Å². The topological polar surface area (TPSA) is 109 Å². The van der Waals surface area contributed by atoms with Gasteiger partial charge in [0.15, 0.2) is 0 Å². The van der Waals surface area contributed by atoms with E-state index in [0.29, 0.717) is 18.4 Å². The summed E-state index contributed by atoms with van der Waals surface area (Å²) in [6.45, 7) is 7.62. The predicted molar refractivity (Wildman–Crippen MR) is 108 cm³/mol. The summed E-state index contributed by atoms with van der Waals surface area (Å²) in [4.78, 5) is 18.5. The highest BCUT2D eigenvalue weighted by Gasteiger charge is 2.19. The molecule has 156 valence electrons. The van der Waals surface area contributed by atoms with Gasteiger partial charge in [-0.1, -0.05) is 40.0 Å². The molecule has 0 fully saturated rings. The third-order valence-electron chi connectivity index (χ3n) is 4.31. The fourth-order valence-corrected chi connectivity index (χ4v) is 2.53. The molecule has 1 heterocycles. The normalized spacial score (nSPS) is 10.9. The van der Waals surface area contributed by atoms with Crippen molar-refractivity contribution in [2.75, 3.05) is 54.5 Å². The van der Waals surface area contributed by atoms with Gasteiger partial charge in [0.25, 0.3) is 0 Å². The molecule has 0 radical (unpaired) electrons. The Morgan fingerprint density at radius 2 is 0.889 bits per heavy atom. The van der Waals surface area contributed by atoms with Crippen LogP contribution in [0.25, 0.3) is 0 Å². The number of aliphatic hydroxyl groups excluding tert-OH is 3. The Hall–Kier alpha value is -1.71. The Bertz CT molecular complexity index is 508. The van der Waals surface area contributed by atoms with E-state index in [-0.39, 0.29) is 12.7 Å². The second kappa shape index (κ2) is 13.5. The van der Waals surface area contributed by atoms with Crippen LogP contribution in [0, 0.1) is 0 Å². The smallest absolute Gasteiger partial charge is 0.235 e. The van der Waals surface area contributed by atoms with Crippen molar-refractivity contribution < 1.29 is 15.3 Å². The number of unbranched alkanes of at least 4 members (excludes halogenated alkanes) is 3. The van der Waals surface area contributed by atoms with E-state index in [1.165, 1.54) is 4.90 Å². The molecule has 0 amide bonds. The van der Waals surface area contributed by atoms with Crippen molar-refractivity contribution in [1.29, 1.82) is 0 Å². The SMILES string of the molecule is CCCCN(CO)c1nc(N(CO)CO)nc(N(CCCC)CCCC)n1. The van der Waals surface area contributed by atoms with Crippen LogP contribution in [-0.2, 0) is 0 Å². The number of aliphatic hydroxyl groups is 3. The van der Waals surface area contributed by atoms with Crippen LogP contribution in [-0.4, -0.2) is 70.1 Å². The summed E-state index contributed by atoms with van der Waals surface area (Å²) in [5, 5.41) is 28.8. The largest absolute Gasteiger partial charge is 0.376 e. The van der Waals surface area contributed by atoms with E-state index in [0.717, 1.165) is 51.6 Å². The quantitative estimate of drug-likeness (QED) is 0.388. The minimum absolute atomic E-state index is 0.202. The third-order valence-corrected chi connectivity index (χ3v) is 4.31. The Balaban J connectivity index is 3.28. The summed E-state index contributed by atoms with van der Waals surface area (Å²) < 4.78 is 0. The molecule has 9 heteroatoms. The molecule has 0 atom stereocenters. The first-order chi connectivity index (χ1) is 13.1. The van der Waals surface area contributed by atoms with Gasteiger partial charge in [-0.3, -0.25) is 4.90 Å². The lowest BCUT2D eigenvalue weighted by atomic mass is 10.3. The Morgan fingerprint density at radius 1 is 0.556 bits per heavy atom. The van der Waals surface area contributed by atoms with Gasteiger partial charge in [0, 0.05) is 19.6 Å². The molecule has 0 aliphatic heterocycles. The zero-order chi connectivity index (χ0) is 20.1. The predicted octanol–water partition coefficient (Wildman–Crippen LogP) is 1.54. The van der Waals surface area contributed by atoms with E-state index in [4.69, 9.17) is 0 Å². The molecule has 27 heavy (non-hydrogen) atoms. The van der Waals surface area contributed by atoms with Crippen molar-refractivity contribution >= 4 is 17.8 Å². The van der Waals surface area contributed by atoms with Crippen LogP contribution in [0.1, 0.15) is 59.3 Å². The van der Waals surface area contributed by atoms with Gasteiger partial charge in [-0.25, -0.2) is 0 Å². The Kier molecular flexibility index (Phi) is 11.6. The van der Waals surface area contributed by atoms with Crippen molar-refractivity contribution in [2.24, 2.45) is 0 Å². The van der Waals surface area contributed by atoms with E-state index >= 15 is 0 Å². The van der Waals surface area contributed by atoms with Crippen LogP contribution in [0.5, 0.6) is 0 Å². The second-order valence-corrected chi connectivity index (χ2v) is 6.51. The van der Waals surface area contributed by atoms with Crippen LogP contribution in [0.2, 0.25) is 0 Å². The average molecular weight is 385 g/mol. The summed E-state index contributed by atoms with van der Waals surface area (Å²) in [5.74, 6) is 1.07. The van der Waals surface area contributed by atoms with Crippen LogP contribution < -0.4 is 14.7 Å². The molecular weight excluding hydrogens is 348 g/mol. The van der Waals surface area contributed by atoms with Crippen molar-refractivity contribution in [3.05, 3.63) is 0 Å². The fourth-order valence-electron chi connectivity index (χ4n) is 2.53. The van der Waals surface area contributed by atoms with E-state index in [2.05, 4.69) is 40.6 Å². The van der Waals surface area contributed by atoms with Gasteiger partial charge < -0.3 is 25.1 Å². The number of aromatic nitrogens is 3. The molecule has 1 aromatic heterocycles. The summed E-state index contributed by atoms with van der Waals surface area (Å²) in [6, 6.07) is 0. The zero-order valence-electron chi connectivity index (χ0n) is 17.0.